The van der Waals surface area contributed by atoms with Crippen LogP contribution in [0.25, 0.3) is 0 Å². The minimum Gasteiger partial charge on any atom is -0.204 e. The first-order chi connectivity index (χ1) is 10.3. The van der Waals surface area contributed by atoms with Gasteiger partial charge in [0.2, 0.25) is 5.82 Å². The molecule has 0 heterocycles. The van der Waals surface area contributed by atoms with Crippen molar-refractivity contribution in [2.45, 2.75) is 25.6 Å². The van der Waals surface area contributed by atoms with Crippen LogP contribution in [0.1, 0.15) is 5.56 Å². The molecule has 6 heteroatoms. The average molecular weight is 330 g/mol. The standard InChI is InChI=1S/C16H15F5Si/c1-22(2,9-8-10-6-4-3-5-7-10)16-14(20)12(18)11(17)13(19)15(16)21/h3-7H,8-9H2,1-2H3. The lowest BCUT2D eigenvalue weighted by Crippen LogP contribution is -2.47. The van der Waals surface area contributed by atoms with Crippen molar-refractivity contribution in [2.75, 3.05) is 0 Å². The Hall–Kier alpha value is -1.69. The maximum atomic E-state index is 13.9. The Morgan fingerprint density at radius 1 is 0.727 bits per heavy atom. The lowest BCUT2D eigenvalue weighted by molar-refractivity contribution is 0.383. The van der Waals surface area contributed by atoms with E-state index in [1.807, 2.05) is 30.3 Å². The zero-order chi connectivity index (χ0) is 16.5. The summed E-state index contributed by atoms with van der Waals surface area (Å²) in [5.41, 5.74) is 0.965. The molecule has 0 radical (unpaired) electrons. The second-order valence-electron chi connectivity index (χ2n) is 5.81. The van der Waals surface area contributed by atoms with Gasteiger partial charge in [-0.1, -0.05) is 43.4 Å². The smallest absolute Gasteiger partial charge is 0.200 e. The first-order valence-electron chi connectivity index (χ1n) is 6.81. The summed E-state index contributed by atoms with van der Waals surface area (Å²) >= 11 is 0. The van der Waals surface area contributed by atoms with Crippen molar-refractivity contribution in [2.24, 2.45) is 0 Å². The van der Waals surface area contributed by atoms with Gasteiger partial charge >= 0.3 is 0 Å². The van der Waals surface area contributed by atoms with E-state index in [1.165, 1.54) is 0 Å². The van der Waals surface area contributed by atoms with Gasteiger partial charge in [0.25, 0.3) is 0 Å². The third-order valence-electron chi connectivity index (χ3n) is 3.77. The SMILES string of the molecule is C[Si](C)(CCc1ccccc1)c1c(F)c(F)c(F)c(F)c1F. The van der Waals surface area contributed by atoms with Gasteiger partial charge in [0, 0.05) is 5.19 Å². The van der Waals surface area contributed by atoms with Crippen molar-refractivity contribution < 1.29 is 22.0 Å². The van der Waals surface area contributed by atoms with E-state index in [0.29, 0.717) is 12.5 Å². The summed E-state index contributed by atoms with van der Waals surface area (Å²) < 4.78 is 67.7. The fraction of sp³-hybridized carbons (Fsp3) is 0.250. The summed E-state index contributed by atoms with van der Waals surface area (Å²) in [6, 6.07) is 9.63. The Balaban J connectivity index is 2.37. The molecule has 0 atom stereocenters. The van der Waals surface area contributed by atoms with Crippen LogP contribution in [0.3, 0.4) is 0 Å². The van der Waals surface area contributed by atoms with Gasteiger partial charge in [0.05, 0.1) is 8.07 Å². The Bertz CT molecular complexity index is 654. The number of benzene rings is 2. The van der Waals surface area contributed by atoms with Crippen LogP contribution < -0.4 is 5.19 Å². The van der Waals surface area contributed by atoms with E-state index >= 15 is 0 Å². The zero-order valence-electron chi connectivity index (χ0n) is 12.2. The van der Waals surface area contributed by atoms with E-state index in [4.69, 9.17) is 0 Å². The van der Waals surface area contributed by atoms with Gasteiger partial charge in [-0.15, -0.1) is 0 Å². The fourth-order valence-electron chi connectivity index (χ4n) is 2.43. The number of hydrogen-bond donors (Lipinski definition) is 0. The summed E-state index contributed by atoms with van der Waals surface area (Å²) in [6.45, 7) is 3.21. The molecule has 22 heavy (non-hydrogen) atoms. The first kappa shape index (κ1) is 16.7. The van der Waals surface area contributed by atoms with Crippen molar-refractivity contribution in [3.8, 4) is 0 Å². The molecule has 0 aliphatic carbocycles. The quantitative estimate of drug-likeness (QED) is 0.334. The fourth-order valence-corrected chi connectivity index (χ4v) is 5.00. The van der Waals surface area contributed by atoms with Crippen LogP contribution in [0.2, 0.25) is 19.1 Å². The third-order valence-corrected chi connectivity index (χ3v) is 7.06. The van der Waals surface area contributed by atoms with Crippen LogP contribution in [0.5, 0.6) is 0 Å². The molecule has 0 saturated carbocycles. The molecule has 0 saturated heterocycles. The second-order valence-corrected chi connectivity index (χ2v) is 10.6. The van der Waals surface area contributed by atoms with E-state index in [-0.39, 0.29) is 0 Å². The summed E-state index contributed by atoms with van der Waals surface area (Å²) in [5.74, 6) is -9.22. The second kappa shape index (κ2) is 6.20. The number of rotatable bonds is 4. The van der Waals surface area contributed by atoms with Crippen molar-refractivity contribution in [3.05, 3.63) is 65.0 Å². The maximum Gasteiger partial charge on any atom is 0.200 e. The lowest BCUT2D eigenvalue weighted by atomic mass is 10.2. The van der Waals surface area contributed by atoms with E-state index in [1.54, 1.807) is 13.1 Å². The van der Waals surface area contributed by atoms with Gasteiger partial charge in [0.15, 0.2) is 23.3 Å². The van der Waals surface area contributed by atoms with Crippen LogP contribution in [0.4, 0.5) is 22.0 Å². The highest BCUT2D eigenvalue weighted by Gasteiger charge is 2.36. The van der Waals surface area contributed by atoms with Crippen LogP contribution in [0, 0.1) is 29.1 Å². The van der Waals surface area contributed by atoms with Gasteiger partial charge in [-0.05, 0) is 18.0 Å². The topological polar surface area (TPSA) is 0 Å². The highest BCUT2D eigenvalue weighted by molar-refractivity contribution is 6.89. The molecule has 2 rings (SSSR count). The van der Waals surface area contributed by atoms with Crippen LogP contribution in [-0.2, 0) is 6.42 Å². The number of halogens is 5. The predicted octanol–water partition coefficient (Wildman–Crippen LogP) is 4.54. The number of hydrogen-bond acceptors (Lipinski definition) is 0. The summed E-state index contributed by atoms with van der Waals surface area (Å²) in [6.07, 6.45) is 0.527. The molecular formula is C16H15F5Si. The van der Waals surface area contributed by atoms with Crippen molar-refractivity contribution in [1.29, 1.82) is 0 Å². The normalized spacial score (nSPS) is 11.8. The van der Waals surface area contributed by atoms with Crippen LogP contribution in [0.15, 0.2) is 30.3 Å². The van der Waals surface area contributed by atoms with Crippen molar-refractivity contribution in [3.63, 3.8) is 0 Å². The Morgan fingerprint density at radius 2 is 1.18 bits per heavy atom. The zero-order valence-corrected chi connectivity index (χ0v) is 13.2. The molecule has 0 aliphatic rings. The molecular weight excluding hydrogens is 315 g/mol. The summed E-state index contributed by atoms with van der Waals surface area (Å²) in [4.78, 5) is 0. The first-order valence-corrected chi connectivity index (χ1v) is 10.0. The molecule has 0 N–H and O–H groups in total. The molecule has 0 nitrogen and oxygen atoms in total. The van der Waals surface area contributed by atoms with Gasteiger partial charge in [-0.3, -0.25) is 0 Å². The molecule has 2 aromatic rings. The average Bonchev–Trinajstić information content (AvgIpc) is 2.50. The third kappa shape index (κ3) is 3.06. The van der Waals surface area contributed by atoms with E-state index < -0.39 is 42.3 Å². The van der Waals surface area contributed by atoms with Gasteiger partial charge < -0.3 is 0 Å². The van der Waals surface area contributed by atoms with E-state index in [0.717, 1.165) is 5.56 Å². The lowest BCUT2D eigenvalue weighted by Gasteiger charge is -2.24. The Morgan fingerprint density at radius 3 is 1.68 bits per heavy atom. The monoisotopic (exact) mass is 330 g/mol. The van der Waals surface area contributed by atoms with E-state index in [9.17, 15) is 22.0 Å². The molecule has 0 unspecified atom stereocenters. The summed E-state index contributed by atoms with van der Waals surface area (Å²) in [7, 11) is -2.83. The largest absolute Gasteiger partial charge is 0.204 e. The molecule has 0 fully saturated rings. The molecule has 118 valence electrons. The maximum absolute atomic E-state index is 13.9. The molecule has 0 aromatic heterocycles. The Kier molecular flexibility index (Phi) is 4.70. The molecule has 0 aliphatic heterocycles. The molecule has 0 bridgehead atoms. The molecule has 2 aromatic carbocycles. The molecule has 0 amide bonds. The van der Waals surface area contributed by atoms with E-state index in [2.05, 4.69) is 0 Å². The minimum atomic E-state index is -2.83. The van der Waals surface area contributed by atoms with Crippen LogP contribution in [-0.4, -0.2) is 8.07 Å². The van der Waals surface area contributed by atoms with Crippen LogP contribution >= 0.6 is 0 Å². The highest BCUT2D eigenvalue weighted by atomic mass is 28.3. The van der Waals surface area contributed by atoms with Gasteiger partial charge in [0.1, 0.15) is 0 Å². The van der Waals surface area contributed by atoms with Gasteiger partial charge in [-0.25, -0.2) is 22.0 Å². The van der Waals surface area contributed by atoms with Crippen molar-refractivity contribution >= 4 is 13.3 Å². The minimum absolute atomic E-state index is 0.384. The highest BCUT2D eigenvalue weighted by Crippen LogP contribution is 2.23. The molecule has 0 spiro atoms. The summed E-state index contributed by atoms with van der Waals surface area (Å²) in [5, 5.41) is -0.625. The van der Waals surface area contributed by atoms with Crippen molar-refractivity contribution in [1.82, 2.24) is 0 Å². The Labute approximate surface area is 126 Å². The number of aryl methyl sites for hydroxylation is 1. The van der Waals surface area contributed by atoms with Gasteiger partial charge in [-0.2, -0.15) is 0 Å². The predicted molar refractivity (Wildman–Crippen MR) is 78.3 cm³/mol.